The number of hydrogen-bond donors (Lipinski definition) is 2. The maximum atomic E-state index is 12.2. The highest BCUT2D eigenvalue weighted by atomic mass is 19.1. The van der Waals surface area contributed by atoms with Crippen LogP contribution in [0.3, 0.4) is 0 Å². The van der Waals surface area contributed by atoms with Gasteiger partial charge in [-0.25, -0.2) is 0 Å². The number of alkyl halides is 1. The molecule has 0 radical (unpaired) electrons. The number of piperidine rings is 1. The fourth-order valence-electron chi connectivity index (χ4n) is 1.93. The van der Waals surface area contributed by atoms with Crippen LogP contribution in [0.15, 0.2) is 0 Å². The first-order valence-electron chi connectivity index (χ1n) is 5.35. The van der Waals surface area contributed by atoms with Crippen LogP contribution in [0.5, 0.6) is 0 Å². The molecule has 0 aromatic rings. The Morgan fingerprint density at radius 2 is 2.40 bits per heavy atom. The summed E-state index contributed by atoms with van der Waals surface area (Å²) in [7, 11) is 1.72. The van der Waals surface area contributed by atoms with Crippen LogP contribution in [0, 0.1) is 5.92 Å². The van der Waals surface area contributed by atoms with E-state index in [0.717, 1.165) is 0 Å². The van der Waals surface area contributed by atoms with Gasteiger partial charge in [-0.2, -0.15) is 0 Å². The Bertz CT molecular complexity index is 214. The number of likely N-dealkylation sites (N-methyl/N-ethyl adjacent to an activating group) is 1. The number of aliphatic hydroxyl groups is 1. The number of halogens is 1. The Balaban J connectivity index is 2.45. The first-order chi connectivity index (χ1) is 7.19. The molecule has 1 heterocycles. The van der Waals surface area contributed by atoms with Crippen molar-refractivity contribution in [2.24, 2.45) is 5.92 Å². The SMILES string of the molecule is CNCC(=O)N1CC[C@@H](O)[C@H](CCF)C1. The van der Waals surface area contributed by atoms with Crippen molar-refractivity contribution < 1.29 is 14.3 Å². The molecule has 5 heteroatoms. The molecule has 1 amide bonds. The van der Waals surface area contributed by atoms with Gasteiger partial charge in [-0.3, -0.25) is 9.18 Å². The molecule has 2 atom stereocenters. The number of amides is 1. The van der Waals surface area contributed by atoms with Crippen LogP contribution in [-0.4, -0.2) is 55.4 Å². The Kier molecular flexibility index (Phi) is 4.98. The maximum absolute atomic E-state index is 12.2. The van der Waals surface area contributed by atoms with Gasteiger partial charge in [-0.05, 0) is 19.9 Å². The van der Waals surface area contributed by atoms with Gasteiger partial charge >= 0.3 is 0 Å². The number of aliphatic hydroxyl groups excluding tert-OH is 1. The summed E-state index contributed by atoms with van der Waals surface area (Å²) in [6, 6.07) is 0. The Hall–Kier alpha value is -0.680. The molecular weight excluding hydrogens is 199 g/mol. The summed E-state index contributed by atoms with van der Waals surface area (Å²) in [6.07, 6.45) is 0.435. The van der Waals surface area contributed by atoms with E-state index in [9.17, 15) is 14.3 Å². The minimum absolute atomic E-state index is 0.0215. The smallest absolute Gasteiger partial charge is 0.236 e. The molecule has 4 nitrogen and oxygen atoms in total. The van der Waals surface area contributed by atoms with Crippen molar-refractivity contribution in [3.63, 3.8) is 0 Å². The van der Waals surface area contributed by atoms with Crippen LogP contribution < -0.4 is 5.32 Å². The number of carbonyl (C=O) groups is 1. The van der Waals surface area contributed by atoms with Gasteiger partial charge in [0.05, 0.1) is 19.3 Å². The van der Waals surface area contributed by atoms with Crippen molar-refractivity contribution in [2.75, 3.05) is 33.4 Å². The number of hydrogen-bond acceptors (Lipinski definition) is 3. The number of nitrogens with zero attached hydrogens (tertiary/aromatic N) is 1. The number of nitrogens with one attached hydrogen (secondary N) is 1. The van der Waals surface area contributed by atoms with Gasteiger partial charge in [-0.1, -0.05) is 0 Å². The molecule has 0 aliphatic carbocycles. The highest BCUT2D eigenvalue weighted by molar-refractivity contribution is 5.78. The lowest BCUT2D eigenvalue weighted by atomic mass is 9.92. The monoisotopic (exact) mass is 218 g/mol. The third kappa shape index (κ3) is 3.43. The van der Waals surface area contributed by atoms with E-state index in [4.69, 9.17) is 0 Å². The van der Waals surface area contributed by atoms with Crippen LogP contribution >= 0.6 is 0 Å². The number of rotatable bonds is 4. The number of likely N-dealkylation sites (tertiary alicyclic amines) is 1. The van der Waals surface area contributed by atoms with Gasteiger partial charge in [0, 0.05) is 19.0 Å². The van der Waals surface area contributed by atoms with Crippen LogP contribution in [0.1, 0.15) is 12.8 Å². The average Bonchev–Trinajstić information content (AvgIpc) is 2.22. The summed E-state index contributed by atoms with van der Waals surface area (Å²) in [5, 5.41) is 12.4. The fraction of sp³-hybridized carbons (Fsp3) is 0.900. The standard InChI is InChI=1S/C10H19FN2O2/c1-12-6-10(15)13-5-3-9(14)8(7-13)2-4-11/h8-9,12,14H,2-7H2,1H3/t8-,9-/m1/s1. The molecule has 15 heavy (non-hydrogen) atoms. The van der Waals surface area contributed by atoms with E-state index in [2.05, 4.69) is 5.32 Å². The van der Waals surface area contributed by atoms with E-state index in [0.29, 0.717) is 32.5 Å². The van der Waals surface area contributed by atoms with Crippen molar-refractivity contribution in [3.8, 4) is 0 Å². The molecule has 1 fully saturated rings. The molecule has 88 valence electrons. The summed E-state index contributed by atoms with van der Waals surface area (Å²) in [5.41, 5.74) is 0. The third-order valence-electron chi connectivity index (χ3n) is 2.85. The molecule has 0 spiro atoms. The minimum Gasteiger partial charge on any atom is -0.393 e. The Morgan fingerprint density at radius 1 is 1.67 bits per heavy atom. The van der Waals surface area contributed by atoms with E-state index in [1.165, 1.54) is 0 Å². The second kappa shape index (κ2) is 6.02. The van der Waals surface area contributed by atoms with Crippen LogP contribution in [0.25, 0.3) is 0 Å². The van der Waals surface area contributed by atoms with Gasteiger partial charge in [0.25, 0.3) is 0 Å². The van der Waals surface area contributed by atoms with Gasteiger partial charge in [0.15, 0.2) is 0 Å². The molecule has 0 unspecified atom stereocenters. The molecule has 1 aliphatic heterocycles. The fourth-order valence-corrected chi connectivity index (χ4v) is 1.93. The van der Waals surface area contributed by atoms with Crippen molar-refractivity contribution in [1.29, 1.82) is 0 Å². The first kappa shape index (κ1) is 12.4. The summed E-state index contributed by atoms with van der Waals surface area (Å²) in [5.74, 6) is -0.0854. The first-order valence-corrected chi connectivity index (χ1v) is 5.35. The largest absolute Gasteiger partial charge is 0.393 e. The highest BCUT2D eigenvalue weighted by Gasteiger charge is 2.29. The zero-order valence-electron chi connectivity index (χ0n) is 9.08. The van der Waals surface area contributed by atoms with E-state index in [-0.39, 0.29) is 11.8 Å². The molecule has 0 aromatic carbocycles. The maximum Gasteiger partial charge on any atom is 0.236 e. The van der Waals surface area contributed by atoms with Crippen LogP contribution in [0.4, 0.5) is 4.39 Å². The highest BCUT2D eigenvalue weighted by Crippen LogP contribution is 2.20. The van der Waals surface area contributed by atoms with Gasteiger partial charge in [-0.15, -0.1) is 0 Å². The summed E-state index contributed by atoms with van der Waals surface area (Å²) < 4.78 is 12.2. The second-order valence-corrected chi connectivity index (χ2v) is 3.96. The van der Waals surface area contributed by atoms with Crippen molar-refractivity contribution in [2.45, 2.75) is 18.9 Å². The zero-order chi connectivity index (χ0) is 11.3. The van der Waals surface area contributed by atoms with E-state index in [1.54, 1.807) is 11.9 Å². The molecule has 0 saturated carbocycles. The minimum atomic E-state index is -0.459. The van der Waals surface area contributed by atoms with Gasteiger partial charge < -0.3 is 15.3 Å². The zero-order valence-corrected chi connectivity index (χ0v) is 9.08. The molecule has 1 saturated heterocycles. The predicted molar refractivity (Wildman–Crippen MR) is 55.2 cm³/mol. The number of carbonyl (C=O) groups excluding carboxylic acids is 1. The normalized spacial score (nSPS) is 26.7. The van der Waals surface area contributed by atoms with Crippen LogP contribution in [-0.2, 0) is 4.79 Å². The Labute approximate surface area is 89.4 Å². The quantitative estimate of drug-likeness (QED) is 0.685. The molecule has 1 aliphatic rings. The lowest BCUT2D eigenvalue weighted by molar-refractivity contribution is -0.134. The summed E-state index contributed by atoms with van der Waals surface area (Å²) >= 11 is 0. The van der Waals surface area contributed by atoms with E-state index < -0.39 is 12.8 Å². The van der Waals surface area contributed by atoms with Crippen molar-refractivity contribution in [1.82, 2.24) is 10.2 Å². The van der Waals surface area contributed by atoms with Crippen LogP contribution in [0.2, 0.25) is 0 Å². The summed E-state index contributed by atoms with van der Waals surface area (Å²) in [6.45, 7) is 0.921. The lowest BCUT2D eigenvalue weighted by Gasteiger charge is -2.35. The average molecular weight is 218 g/mol. The third-order valence-corrected chi connectivity index (χ3v) is 2.85. The molecule has 0 aromatic heterocycles. The molecule has 0 bridgehead atoms. The Morgan fingerprint density at radius 3 is 3.00 bits per heavy atom. The van der Waals surface area contributed by atoms with Gasteiger partial charge in [0.2, 0.25) is 5.91 Å². The molecular formula is C10H19FN2O2. The topological polar surface area (TPSA) is 52.6 Å². The lowest BCUT2D eigenvalue weighted by Crippen LogP contribution is -2.48. The van der Waals surface area contributed by atoms with Crippen molar-refractivity contribution in [3.05, 3.63) is 0 Å². The summed E-state index contributed by atoms with van der Waals surface area (Å²) in [4.78, 5) is 13.2. The van der Waals surface area contributed by atoms with Crippen molar-refractivity contribution >= 4 is 5.91 Å². The van der Waals surface area contributed by atoms with E-state index in [1.807, 2.05) is 0 Å². The predicted octanol–water partition coefficient (Wildman–Crippen LogP) is -0.225. The van der Waals surface area contributed by atoms with Gasteiger partial charge in [0.1, 0.15) is 0 Å². The molecule has 1 rings (SSSR count). The molecule has 2 N–H and O–H groups in total. The van der Waals surface area contributed by atoms with E-state index >= 15 is 0 Å². The second-order valence-electron chi connectivity index (χ2n) is 3.96.